The van der Waals surface area contributed by atoms with Gasteiger partial charge in [-0.1, -0.05) is 7.60 Å². The maximum absolute atomic E-state index is 10.6. The minimum absolute atomic E-state index is 0. The monoisotopic (exact) mass is 277 g/mol. The maximum Gasteiger partial charge on any atom is 1.00 e. The first kappa shape index (κ1) is 26.6. The third-order valence-electron chi connectivity index (χ3n) is 1.07. The van der Waals surface area contributed by atoms with Crippen LogP contribution in [-0.2, 0) is 14.2 Å². The summed E-state index contributed by atoms with van der Waals surface area (Å²) in [5.74, 6) is -2.70. The van der Waals surface area contributed by atoms with Gasteiger partial charge in [0.2, 0.25) is 5.91 Å². The van der Waals surface area contributed by atoms with Crippen molar-refractivity contribution < 1.29 is 118 Å². The second-order valence-electron chi connectivity index (χ2n) is 2.38. The van der Waals surface area contributed by atoms with Gasteiger partial charge >= 0.3 is 88.7 Å². The van der Waals surface area contributed by atoms with Crippen molar-refractivity contribution in [1.82, 2.24) is 5.32 Å². The van der Waals surface area contributed by atoms with Crippen molar-refractivity contribution in [2.75, 3.05) is 6.16 Å². The molecule has 11 heteroatoms. The van der Waals surface area contributed by atoms with Gasteiger partial charge in [0.05, 0.1) is 18.2 Å². The molecule has 0 saturated heterocycles. The molecular formula is C5H7NNa3O6P. The van der Waals surface area contributed by atoms with Gasteiger partial charge in [-0.2, -0.15) is 0 Å². The van der Waals surface area contributed by atoms with Crippen LogP contribution in [0.1, 0.15) is 6.92 Å². The Morgan fingerprint density at radius 1 is 1.25 bits per heavy atom. The van der Waals surface area contributed by atoms with Crippen molar-refractivity contribution in [2.24, 2.45) is 0 Å². The molecule has 0 aliphatic heterocycles. The van der Waals surface area contributed by atoms with E-state index in [1.165, 1.54) is 0 Å². The molecule has 0 aromatic rings. The van der Waals surface area contributed by atoms with E-state index in [-0.39, 0.29) is 88.7 Å². The number of rotatable bonds is 4. The van der Waals surface area contributed by atoms with Gasteiger partial charge in [-0.15, -0.1) is 0 Å². The van der Waals surface area contributed by atoms with Crippen LogP contribution in [0.3, 0.4) is 0 Å². The van der Waals surface area contributed by atoms with Gasteiger partial charge in [-0.25, -0.2) is 0 Å². The molecule has 0 saturated carbocycles. The number of hydrogen-bond donors (Lipinski definition) is 1. The van der Waals surface area contributed by atoms with E-state index < -0.39 is 31.7 Å². The third-order valence-corrected chi connectivity index (χ3v) is 1.74. The van der Waals surface area contributed by atoms with Gasteiger partial charge in [0, 0.05) is 0 Å². The summed E-state index contributed by atoms with van der Waals surface area (Å²) in [7, 11) is -4.93. The van der Waals surface area contributed by atoms with Crippen LogP contribution in [0.4, 0.5) is 0 Å². The predicted molar refractivity (Wildman–Crippen MR) is 35.1 cm³/mol. The quantitative estimate of drug-likeness (QED) is 0.400. The fraction of sp³-hybridized carbons (Fsp3) is 0.600. The largest absolute Gasteiger partial charge is 1.00 e. The topological polar surface area (TPSA) is 132 Å². The van der Waals surface area contributed by atoms with Crippen molar-refractivity contribution in [3.8, 4) is 0 Å². The van der Waals surface area contributed by atoms with E-state index in [9.17, 15) is 29.0 Å². The molecule has 1 amide bonds. The van der Waals surface area contributed by atoms with Crippen molar-refractivity contribution >= 4 is 19.5 Å². The van der Waals surface area contributed by atoms with E-state index in [1.807, 2.05) is 0 Å². The number of hydrogen-bond acceptors (Lipinski definition) is 6. The summed E-state index contributed by atoms with van der Waals surface area (Å²) >= 11 is 0. The first-order chi connectivity index (χ1) is 5.72. The summed E-state index contributed by atoms with van der Waals surface area (Å²) in [6, 6.07) is -1.32. The number of carboxylic acid groups (broad SMARTS) is 1. The van der Waals surface area contributed by atoms with Crippen LogP contribution < -0.4 is 109 Å². The van der Waals surface area contributed by atoms with Crippen LogP contribution in [0.5, 0.6) is 0 Å². The van der Waals surface area contributed by atoms with Crippen molar-refractivity contribution in [2.45, 2.75) is 13.0 Å². The molecule has 0 fully saturated rings. The number of carbonyl (C=O) groups is 2. The second kappa shape index (κ2) is 12.1. The summed E-state index contributed by atoms with van der Waals surface area (Å²) in [5, 5.41) is 11.8. The molecule has 0 bridgehead atoms. The Hall–Kier alpha value is 2.09. The SMILES string of the molecule is C[C@H](NC(=O)CP(=O)([O-])[O-])C(=O)[O-].[Na+].[Na+].[Na+]. The van der Waals surface area contributed by atoms with Gasteiger partial charge in [0.15, 0.2) is 0 Å². The summed E-state index contributed by atoms with van der Waals surface area (Å²) in [6.07, 6.45) is -1.25. The molecule has 0 spiro atoms. The van der Waals surface area contributed by atoms with Crippen LogP contribution >= 0.6 is 7.60 Å². The maximum atomic E-state index is 10.6. The molecule has 0 unspecified atom stereocenters. The van der Waals surface area contributed by atoms with Gasteiger partial charge in [-0.05, 0) is 6.92 Å². The van der Waals surface area contributed by atoms with E-state index in [0.717, 1.165) is 6.92 Å². The zero-order chi connectivity index (χ0) is 10.6. The number of amides is 1. The molecule has 0 aromatic heterocycles. The van der Waals surface area contributed by atoms with E-state index in [1.54, 1.807) is 5.32 Å². The molecule has 0 aromatic carbocycles. The number of nitrogens with one attached hydrogen (secondary N) is 1. The van der Waals surface area contributed by atoms with Gasteiger partial charge in [-0.3, -0.25) is 4.79 Å². The molecule has 0 radical (unpaired) electrons. The Balaban J connectivity index is -0.000000240. The van der Waals surface area contributed by atoms with E-state index in [4.69, 9.17) is 0 Å². The molecule has 16 heavy (non-hydrogen) atoms. The van der Waals surface area contributed by atoms with Gasteiger partial charge < -0.3 is 29.6 Å². The number of carboxylic acids is 1. The van der Waals surface area contributed by atoms with Gasteiger partial charge in [0.25, 0.3) is 0 Å². The van der Waals surface area contributed by atoms with Crippen LogP contribution in [0.25, 0.3) is 0 Å². The summed E-state index contributed by atoms with van der Waals surface area (Å²) < 4.78 is 10.0. The molecule has 1 atom stereocenters. The molecule has 0 aliphatic carbocycles. The molecule has 0 aliphatic rings. The summed E-state index contributed by atoms with van der Waals surface area (Å²) in [6.45, 7) is 1.09. The Morgan fingerprint density at radius 3 is 1.88 bits per heavy atom. The average Bonchev–Trinajstić information content (AvgIpc) is 1.81. The first-order valence-corrected chi connectivity index (χ1v) is 4.96. The average molecular weight is 277 g/mol. The smallest absolute Gasteiger partial charge is 0.810 e. The molecule has 1 N–H and O–H groups in total. The Labute approximate surface area is 159 Å². The minimum atomic E-state index is -4.93. The normalized spacial score (nSPS) is 10.9. The predicted octanol–water partition coefficient (Wildman–Crippen LogP) is -12.8. The Morgan fingerprint density at radius 2 is 1.62 bits per heavy atom. The number of carbonyl (C=O) groups excluding carboxylic acids is 2. The van der Waals surface area contributed by atoms with E-state index in [2.05, 4.69) is 0 Å². The minimum Gasteiger partial charge on any atom is -0.810 e. The van der Waals surface area contributed by atoms with Crippen LogP contribution in [0, 0.1) is 0 Å². The molecule has 0 rings (SSSR count). The number of aliphatic carboxylic acids is 1. The molecule has 0 heterocycles. The van der Waals surface area contributed by atoms with Crippen LogP contribution in [0.2, 0.25) is 0 Å². The first-order valence-electron chi connectivity index (χ1n) is 3.23. The van der Waals surface area contributed by atoms with Crippen molar-refractivity contribution in [3.05, 3.63) is 0 Å². The molecule has 76 valence electrons. The van der Waals surface area contributed by atoms with Crippen LogP contribution in [-0.4, -0.2) is 24.1 Å². The van der Waals surface area contributed by atoms with Gasteiger partial charge in [0.1, 0.15) is 0 Å². The standard InChI is InChI=1S/C5H10NO6P.3Na/c1-3(5(8)9)6-4(7)2-13(10,11)12;;;/h3H,2H2,1H3,(H,6,7)(H,8,9)(H2,10,11,12);;;/q;3*+1/p-3/t3-;;;/m0.../s1. The summed E-state index contributed by atoms with van der Waals surface area (Å²) in [5.41, 5.74) is 0. The van der Waals surface area contributed by atoms with E-state index >= 15 is 0 Å². The Kier molecular flexibility index (Phi) is 20.2. The zero-order valence-electron chi connectivity index (χ0n) is 9.68. The zero-order valence-corrected chi connectivity index (χ0v) is 16.6. The van der Waals surface area contributed by atoms with Crippen molar-refractivity contribution in [3.63, 3.8) is 0 Å². The fourth-order valence-electron chi connectivity index (χ4n) is 0.522. The molecular weight excluding hydrogens is 270 g/mol. The Bertz CT molecular complexity index is 269. The molecule has 7 nitrogen and oxygen atoms in total. The third kappa shape index (κ3) is 16.1. The summed E-state index contributed by atoms with van der Waals surface area (Å²) in [4.78, 5) is 40.7. The fourth-order valence-corrected chi connectivity index (χ4v) is 0.965. The van der Waals surface area contributed by atoms with E-state index in [0.29, 0.717) is 0 Å². The van der Waals surface area contributed by atoms with Crippen molar-refractivity contribution in [1.29, 1.82) is 0 Å². The second-order valence-corrected chi connectivity index (χ2v) is 3.92. The van der Waals surface area contributed by atoms with Crippen LogP contribution in [0.15, 0.2) is 0 Å².